The summed E-state index contributed by atoms with van der Waals surface area (Å²) in [5.41, 5.74) is 8.37. The van der Waals surface area contributed by atoms with Gasteiger partial charge in [-0.3, -0.25) is 4.98 Å². The van der Waals surface area contributed by atoms with Gasteiger partial charge in [0.1, 0.15) is 5.82 Å². The summed E-state index contributed by atoms with van der Waals surface area (Å²) in [6, 6.07) is 6.12. The number of nitrogens with two attached hydrogens (primary N) is 1. The summed E-state index contributed by atoms with van der Waals surface area (Å²) < 4.78 is 13.1. The minimum atomic E-state index is -0.343. The summed E-state index contributed by atoms with van der Waals surface area (Å²) >= 11 is 6.08. The Morgan fingerprint density at radius 3 is 2.84 bits per heavy atom. The highest BCUT2D eigenvalue weighted by molar-refractivity contribution is 6.31. The molecule has 0 aliphatic heterocycles. The number of nitrogens with zero attached hydrogens (tertiary/aromatic N) is 1. The largest absolute Gasteiger partial charge is 0.398 e. The second-order valence-corrected chi connectivity index (χ2v) is 4.69. The summed E-state index contributed by atoms with van der Waals surface area (Å²) in [4.78, 5) is 4.06. The van der Waals surface area contributed by atoms with Crippen LogP contribution in [-0.2, 0) is 6.42 Å². The van der Waals surface area contributed by atoms with Gasteiger partial charge >= 0.3 is 0 Å². The van der Waals surface area contributed by atoms with Gasteiger partial charge in [0.2, 0.25) is 0 Å². The summed E-state index contributed by atoms with van der Waals surface area (Å²) in [5.74, 6) is -0.343. The van der Waals surface area contributed by atoms with Crippen molar-refractivity contribution >= 4 is 17.3 Å². The van der Waals surface area contributed by atoms with Crippen LogP contribution >= 0.6 is 11.6 Å². The average molecular weight is 280 g/mol. The molecule has 0 amide bonds. The van der Waals surface area contributed by atoms with Crippen molar-refractivity contribution in [3.8, 4) is 0 Å². The third-order valence-corrected chi connectivity index (χ3v) is 3.38. The molecule has 19 heavy (non-hydrogen) atoms. The van der Waals surface area contributed by atoms with Gasteiger partial charge in [0.15, 0.2) is 0 Å². The number of anilines is 1. The van der Waals surface area contributed by atoms with Crippen LogP contribution in [0.5, 0.6) is 0 Å². The van der Waals surface area contributed by atoms with E-state index in [4.69, 9.17) is 17.3 Å². The van der Waals surface area contributed by atoms with Crippen molar-refractivity contribution in [2.45, 2.75) is 12.5 Å². The first-order valence-electron chi connectivity index (χ1n) is 5.92. The Bertz CT molecular complexity index is 574. The molecule has 0 saturated carbocycles. The molecule has 5 heteroatoms. The van der Waals surface area contributed by atoms with Gasteiger partial charge in [-0.25, -0.2) is 4.39 Å². The van der Waals surface area contributed by atoms with Crippen molar-refractivity contribution < 1.29 is 4.39 Å². The second kappa shape index (κ2) is 5.99. The van der Waals surface area contributed by atoms with Gasteiger partial charge in [0.25, 0.3) is 0 Å². The van der Waals surface area contributed by atoms with E-state index in [2.05, 4.69) is 10.3 Å². The molecular weight excluding hydrogens is 265 g/mol. The van der Waals surface area contributed by atoms with Gasteiger partial charge in [-0.05, 0) is 42.8 Å². The first-order valence-corrected chi connectivity index (χ1v) is 6.30. The van der Waals surface area contributed by atoms with Gasteiger partial charge in [0, 0.05) is 29.1 Å². The Balaban J connectivity index is 2.28. The van der Waals surface area contributed by atoms with Gasteiger partial charge in [0.05, 0.1) is 0 Å². The van der Waals surface area contributed by atoms with Crippen LogP contribution in [0.15, 0.2) is 36.7 Å². The van der Waals surface area contributed by atoms with E-state index in [1.54, 1.807) is 24.5 Å². The second-order valence-electron chi connectivity index (χ2n) is 4.29. The molecule has 1 unspecified atom stereocenters. The summed E-state index contributed by atoms with van der Waals surface area (Å²) in [6.07, 6.45) is 4.02. The van der Waals surface area contributed by atoms with Crippen molar-refractivity contribution in [1.29, 1.82) is 0 Å². The first kappa shape index (κ1) is 13.8. The predicted octanol–water partition coefficient (Wildman–Crippen LogP) is 2.96. The van der Waals surface area contributed by atoms with Crippen LogP contribution in [0.3, 0.4) is 0 Å². The third-order valence-electron chi connectivity index (χ3n) is 3.05. The average Bonchev–Trinajstić information content (AvgIpc) is 2.39. The highest BCUT2D eigenvalue weighted by Crippen LogP contribution is 2.27. The van der Waals surface area contributed by atoms with E-state index in [-0.39, 0.29) is 11.9 Å². The molecule has 100 valence electrons. The molecule has 3 nitrogen and oxygen atoms in total. The lowest BCUT2D eigenvalue weighted by Gasteiger charge is -2.18. The monoisotopic (exact) mass is 279 g/mol. The summed E-state index contributed by atoms with van der Waals surface area (Å²) in [5, 5.41) is 3.57. The normalized spacial score (nSPS) is 12.4. The highest BCUT2D eigenvalue weighted by atomic mass is 35.5. The lowest BCUT2D eigenvalue weighted by atomic mass is 9.99. The molecule has 2 aromatic rings. The molecule has 0 spiro atoms. The van der Waals surface area contributed by atoms with Gasteiger partial charge in [-0.1, -0.05) is 17.7 Å². The third kappa shape index (κ3) is 3.22. The number of hydrogen-bond donors (Lipinski definition) is 2. The Hall–Kier alpha value is -1.65. The van der Waals surface area contributed by atoms with Crippen LogP contribution in [0, 0.1) is 5.82 Å². The Labute approximate surface area is 116 Å². The molecular formula is C14H15ClFN3. The van der Waals surface area contributed by atoms with E-state index >= 15 is 0 Å². The van der Waals surface area contributed by atoms with Crippen LogP contribution in [0.4, 0.5) is 10.1 Å². The maximum Gasteiger partial charge on any atom is 0.124 e. The molecule has 0 aliphatic carbocycles. The Kier molecular flexibility index (Phi) is 4.35. The molecule has 2 rings (SSSR count). The van der Waals surface area contributed by atoms with Gasteiger partial charge in [-0.2, -0.15) is 0 Å². The predicted molar refractivity (Wildman–Crippen MR) is 75.6 cm³/mol. The minimum Gasteiger partial charge on any atom is -0.398 e. The van der Waals surface area contributed by atoms with E-state index in [0.717, 1.165) is 11.1 Å². The van der Waals surface area contributed by atoms with Crippen LogP contribution in [0.1, 0.15) is 17.2 Å². The number of nitrogens with one attached hydrogen (secondary N) is 1. The maximum absolute atomic E-state index is 13.1. The van der Waals surface area contributed by atoms with E-state index in [0.29, 0.717) is 17.1 Å². The van der Waals surface area contributed by atoms with E-state index in [9.17, 15) is 4.39 Å². The Morgan fingerprint density at radius 1 is 1.42 bits per heavy atom. The fraction of sp³-hybridized carbons (Fsp3) is 0.214. The van der Waals surface area contributed by atoms with Crippen molar-refractivity contribution in [3.63, 3.8) is 0 Å². The zero-order valence-electron chi connectivity index (χ0n) is 10.5. The fourth-order valence-electron chi connectivity index (χ4n) is 1.98. The zero-order valence-corrected chi connectivity index (χ0v) is 11.3. The van der Waals surface area contributed by atoms with Gasteiger partial charge in [-0.15, -0.1) is 0 Å². The summed E-state index contributed by atoms with van der Waals surface area (Å²) in [7, 11) is 1.83. The smallest absolute Gasteiger partial charge is 0.124 e. The molecule has 0 bridgehead atoms. The maximum atomic E-state index is 13.1. The lowest BCUT2D eigenvalue weighted by Crippen LogP contribution is -2.20. The molecule has 1 heterocycles. The first-order chi connectivity index (χ1) is 9.11. The number of aromatic nitrogens is 1. The molecule has 1 atom stereocenters. The van der Waals surface area contributed by atoms with E-state index < -0.39 is 0 Å². The molecule has 0 aliphatic rings. The van der Waals surface area contributed by atoms with Crippen LogP contribution < -0.4 is 11.1 Å². The number of halogens is 2. The minimum absolute atomic E-state index is 0.0420. The molecule has 1 aromatic heterocycles. The van der Waals surface area contributed by atoms with Crippen LogP contribution in [-0.4, -0.2) is 12.0 Å². The number of nitrogen functional groups attached to an aromatic ring is 1. The van der Waals surface area contributed by atoms with Crippen molar-refractivity contribution in [2.75, 3.05) is 12.8 Å². The van der Waals surface area contributed by atoms with Crippen molar-refractivity contribution in [3.05, 3.63) is 58.6 Å². The number of pyridine rings is 1. The highest BCUT2D eigenvalue weighted by Gasteiger charge is 2.15. The van der Waals surface area contributed by atoms with Crippen molar-refractivity contribution in [2.24, 2.45) is 0 Å². The molecule has 3 N–H and O–H groups in total. The number of hydrogen-bond acceptors (Lipinski definition) is 3. The topological polar surface area (TPSA) is 50.9 Å². The van der Waals surface area contributed by atoms with E-state index in [1.165, 1.54) is 12.1 Å². The molecule has 0 fully saturated rings. The number of benzene rings is 1. The van der Waals surface area contributed by atoms with E-state index in [1.807, 2.05) is 7.05 Å². The zero-order chi connectivity index (χ0) is 13.8. The quantitative estimate of drug-likeness (QED) is 0.905. The van der Waals surface area contributed by atoms with Crippen LogP contribution in [0.2, 0.25) is 5.02 Å². The number of likely N-dealkylation sites (N-methyl/N-ethyl adjacent to an activating group) is 1. The summed E-state index contributed by atoms with van der Waals surface area (Å²) in [6.45, 7) is 0. The van der Waals surface area contributed by atoms with Crippen LogP contribution in [0.25, 0.3) is 0 Å². The van der Waals surface area contributed by atoms with Crippen molar-refractivity contribution in [1.82, 2.24) is 10.3 Å². The molecule has 0 saturated heterocycles. The molecule has 1 aromatic carbocycles. The molecule has 0 radical (unpaired) electrons. The fourth-order valence-corrected chi connectivity index (χ4v) is 2.28. The lowest BCUT2D eigenvalue weighted by molar-refractivity contribution is 0.586. The standard InChI is InChI=1S/C14H15ClFN3/c1-18-14(6-9-8-19-5-4-13(9)17)11-3-2-10(16)7-12(11)15/h2-5,7-8,14,18H,6H2,1H3,(H2,17,19). The SMILES string of the molecule is CNC(Cc1cnccc1N)c1ccc(F)cc1Cl. The Morgan fingerprint density at radius 2 is 2.21 bits per heavy atom. The van der Waals surface area contributed by atoms with Gasteiger partial charge < -0.3 is 11.1 Å². The number of rotatable bonds is 4.